The maximum atomic E-state index is 5.83. The summed E-state index contributed by atoms with van der Waals surface area (Å²) in [4.78, 5) is 0. The second-order valence-corrected chi connectivity index (χ2v) is 8.91. The molecule has 0 fully saturated rings. The van der Waals surface area contributed by atoms with E-state index >= 15 is 0 Å². The van der Waals surface area contributed by atoms with Gasteiger partial charge in [-0.3, -0.25) is 0 Å². The lowest BCUT2D eigenvalue weighted by Gasteiger charge is -2.21. The second kappa shape index (κ2) is 4.21. The van der Waals surface area contributed by atoms with Gasteiger partial charge < -0.3 is 4.43 Å². The van der Waals surface area contributed by atoms with Crippen LogP contribution in [0.4, 0.5) is 0 Å². The van der Waals surface area contributed by atoms with E-state index in [0.717, 1.165) is 5.09 Å². The Balaban J connectivity index is 4.23. The van der Waals surface area contributed by atoms with Crippen LogP contribution in [0.3, 0.4) is 0 Å². The maximum Gasteiger partial charge on any atom is 0.242 e. The van der Waals surface area contributed by atoms with Crippen LogP contribution in [0.1, 0.15) is 13.8 Å². The van der Waals surface area contributed by atoms with E-state index in [9.17, 15) is 0 Å². The lowest BCUT2D eigenvalue weighted by Crippen LogP contribution is -2.24. The minimum Gasteiger partial charge on any atom is -0.540 e. The van der Waals surface area contributed by atoms with E-state index in [-0.39, 0.29) is 0 Å². The van der Waals surface area contributed by atoms with Gasteiger partial charge in [-0.15, -0.1) is 0 Å². The Labute approximate surface area is 75.3 Å². The summed E-state index contributed by atoms with van der Waals surface area (Å²) >= 11 is 1.70. The lowest BCUT2D eigenvalue weighted by atomic mass is 10.4. The van der Waals surface area contributed by atoms with E-state index in [1.165, 1.54) is 5.57 Å². The van der Waals surface area contributed by atoms with Gasteiger partial charge in [0.25, 0.3) is 0 Å². The van der Waals surface area contributed by atoms with Crippen molar-refractivity contribution in [2.75, 3.05) is 6.26 Å². The molecule has 0 atom stereocenters. The minimum atomic E-state index is -1.38. The Hall–Kier alpha value is 0.107. The zero-order valence-electron chi connectivity index (χ0n) is 8.32. The van der Waals surface area contributed by atoms with Crippen LogP contribution in [0, 0.1) is 0 Å². The van der Waals surface area contributed by atoms with Crippen molar-refractivity contribution in [3.63, 3.8) is 0 Å². The fourth-order valence-electron chi connectivity index (χ4n) is 0.626. The third-order valence-electron chi connectivity index (χ3n) is 0.993. The molecule has 0 bridgehead atoms. The molecule has 0 saturated carbocycles. The first-order valence-electron chi connectivity index (χ1n) is 3.77. The summed E-state index contributed by atoms with van der Waals surface area (Å²) in [6.45, 7) is 10.8. The number of rotatable bonds is 3. The molecule has 0 aromatic rings. The number of hydrogen-bond donors (Lipinski definition) is 0. The summed E-state index contributed by atoms with van der Waals surface area (Å²) < 4.78 is 5.83. The third-order valence-corrected chi connectivity index (χ3v) is 2.82. The highest BCUT2D eigenvalue weighted by atomic mass is 32.2. The van der Waals surface area contributed by atoms with E-state index in [1.54, 1.807) is 11.8 Å². The fourth-order valence-corrected chi connectivity index (χ4v) is 2.88. The van der Waals surface area contributed by atoms with Gasteiger partial charge >= 0.3 is 0 Å². The zero-order chi connectivity index (χ0) is 9.07. The molecular weight excluding hydrogens is 172 g/mol. The smallest absolute Gasteiger partial charge is 0.242 e. The molecule has 0 spiro atoms. The normalized spacial score (nSPS) is 11.1. The Bertz CT molecular complexity index is 154. The minimum absolute atomic E-state index is 1.10. The fraction of sp³-hybridized carbons (Fsp3) is 0.750. The topological polar surface area (TPSA) is 9.23 Å². The Morgan fingerprint density at radius 1 is 1.18 bits per heavy atom. The van der Waals surface area contributed by atoms with Gasteiger partial charge in [-0.1, -0.05) is 11.8 Å². The Kier molecular flexibility index (Phi) is 4.25. The van der Waals surface area contributed by atoms with Crippen LogP contribution in [-0.4, -0.2) is 14.6 Å². The van der Waals surface area contributed by atoms with Gasteiger partial charge in [0.1, 0.15) is 5.09 Å². The first-order chi connectivity index (χ1) is 4.87. The van der Waals surface area contributed by atoms with Crippen LogP contribution in [-0.2, 0) is 4.43 Å². The van der Waals surface area contributed by atoms with Crippen molar-refractivity contribution in [2.24, 2.45) is 0 Å². The van der Waals surface area contributed by atoms with E-state index in [1.807, 2.05) is 0 Å². The molecule has 0 radical (unpaired) electrons. The second-order valence-electron chi connectivity index (χ2n) is 3.71. The van der Waals surface area contributed by atoms with E-state index < -0.39 is 8.32 Å². The molecule has 11 heavy (non-hydrogen) atoms. The zero-order valence-corrected chi connectivity index (χ0v) is 10.1. The van der Waals surface area contributed by atoms with Crippen LogP contribution < -0.4 is 0 Å². The maximum absolute atomic E-state index is 5.83. The van der Waals surface area contributed by atoms with Crippen LogP contribution in [0.5, 0.6) is 0 Å². The van der Waals surface area contributed by atoms with Gasteiger partial charge in [-0.05, 0) is 45.3 Å². The van der Waals surface area contributed by atoms with Gasteiger partial charge in [0.2, 0.25) is 8.32 Å². The van der Waals surface area contributed by atoms with Crippen molar-refractivity contribution >= 4 is 20.1 Å². The monoisotopic (exact) mass is 190 g/mol. The summed E-state index contributed by atoms with van der Waals surface area (Å²) in [5.74, 6) is 0. The van der Waals surface area contributed by atoms with E-state index in [4.69, 9.17) is 4.43 Å². The molecule has 0 aliphatic heterocycles. The summed E-state index contributed by atoms with van der Waals surface area (Å²) in [6.07, 6.45) is 2.06. The van der Waals surface area contributed by atoms with Crippen molar-refractivity contribution in [2.45, 2.75) is 33.5 Å². The van der Waals surface area contributed by atoms with Crippen molar-refractivity contribution < 1.29 is 4.43 Å². The van der Waals surface area contributed by atoms with Crippen LogP contribution >= 0.6 is 11.8 Å². The molecule has 0 unspecified atom stereocenters. The highest BCUT2D eigenvalue weighted by Crippen LogP contribution is 2.22. The molecule has 0 aromatic carbocycles. The summed E-state index contributed by atoms with van der Waals surface area (Å²) in [7, 11) is -1.38. The molecule has 0 aliphatic carbocycles. The van der Waals surface area contributed by atoms with Crippen molar-refractivity contribution in [3.8, 4) is 0 Å². The third kappa shape index (κ3) is 5.38. The Morgan fingerprint density at radius 3 is 1.73 bits per heavy atom. The van der Waals surface area contributed by atoms with Crippen LogP contribution in [0.25, 0.3) is 0 Å². The SMILES string of the molecule is CSC(O[Si](C)(C)C)=C(C)C. The molecule has 0 rings (SSSR count). The van der Waals surface area contributed by atoms with E-state index in [2.05, 4.69) is 39.7 Å². The molecule has 0 N–H and O–H groups in total. The van der Waals surface area contributed by atoms with Gasteiger partial charge in [-0.25, -0.2) is 0 Å². The molecular formula is C8H18OSSi. The molecule has 0 amide bonds. The van der Waals surface area contributed by atoms with Gasteiger partial charge in [0, 0.05) is 0 Å². The molecule has 3 heteroatoms. The lowest BCUT2D eigenvalue weighted by molar-refractivity contribution is 0.458. The molecule has 0 saturated heterocycles. The highest BCUT2D eigenvalue weighted by molar-refractivity contribution is 8.02. The van der Waals surface area contributed by atoms with Gasteiger partial charge in [0.15, 0.2) is 0 Å². The predicted octanol–water partition coefficient (Wildman–Crippen LogP) is 3.45. The Morgan fingerprint density at radius 2 is 1.64 bits per heavy atom. The largest absolute Gasteiger partial charge is 0.540 e. The number of hydrogen-bond acceptors (Lipinski definition) is 2. The van der Waals surface area contributed by atoms with E-state index in [0.29, 0.717) is 0 Å². The standard InChI is InChI=1S/C8H18OSSi/c1-7(2)8(10-3)9-11(4,5)6/h1-6H3. The first-order valence-corrected chi connectivity index (χ1v) is 8.40. The van der Waals surface area contributed by atoms with Crippen LogP contribution in [0.2, 0.25) is 19.6 Å². The molecule has 66 valence electrons. The van der Waals surface area contributed by atoms with Crippen molar-refractivity contribution in [1.29, 1.82) is 0 Å². The van der Waals surface area contributed by atoms with Gasteiger partial charge in [0.05, 0.1) is 0 Å². The molecule has 0 heterocycles. The summed E-state index contributed by atoms with van der Waals surface area (Å²) in [5, 5.41) is 1.10. The summed E-state index contributed by atoms with van der Waals surface area (Å²) in [5.41, 5.74) is 1.28. The van der Waals surface area contributed by atoms with Crippen LogP contribution in [0.15, 0.2) is 10.7 Å². The predicted molar refractivity (Wildman–Crippen MR) is 56.3 cm³/mol. The first kappa shape index (κ1) is 11.1. The average molecular weight is 190 g/mol. The highest BCUT2D eigenvalue weighted by Gasteiger charge is 2.17. The van der Waals surface area contributed by atoms with Crippen molar-refractivity contribution in [1.82, 2.24) is 0 Å². The number of allylic oxidation sites excluding steroid dienone is 1. The summed E-state index contributed by atoms with van der Waals surface area (Å²) in [6, 6.07) is 0. The van der Waals surface area contributed by atoms with Crippen molar-refractivity contribution in [3.05, 3.63) is 10.7 Å². The average Bonchev–Trinajstić information content (AvgIpc) is 1.80. The quantitative estimate of drug-likeness (QED) is 0.498. The molecule has 0 aliphatic rings. The van der Waals surface area contributed by atoms with Gasteiger partial charge in [-0.2, -0.15) is 0 Å². The molecule has 1 nitrogen and oxygen atoms in total. The number of thioether (sulfide) groups is 1. The molecule has 0 aromatic heterocycles.